The van der Waals surface area contributed by atoms with Crippen molar-refractivity contribution in [2.45, 2.75) is 39.5 Å². The number of aryl methyl sites for hydroxylation is 1. The number of benzene rings is 1. The van der Waals surface area contributed by atoms with Crippen molar-refractivity contribution in [1.29, 1.82) is 0 Å². The second-order valence-corrected chi connectivity index (χ2v) is 5.87. The van der Waals surface area contributed by atoms with Gasteiger partial charge in [0.15, 0.2) is 0 Å². The first-order valence-electron chi connectivity index (χ1n) is 7.89. The summed E-state index contributed by atoms with van der Waals surface area (Å²) in [5.41, 5.74) is 7.69. The maximum absolute atomic E-state index is 12.2. The zero-order valence-corrected chi connectivity index (χ0v) is 13.1. The summed E-state index contributed by atoms with van der Waals surface area (Å²) >= 11 is 0. The molecule has 1 heterocycles. The highest BCUT2D eigenvalue weighted by Gasteiger charge is 2.19. The van der Waals surface area contributed by atoms with E-state index >= 15 is 0 Å². The van der Waals surface area contributed by atoms with Crippen LogP contribution >= 0.6 is 0 Å². The summed E-state index contributed by atoms with van der Waals surface area (Å²) in [4.78, 5) is 14.2. The van der Waals surface area contributed by atoms with E-state index in [-0.39, 0.29) is 5.91 Å². The maximum Gasteiger partial charge on any atom is 0.222 e. The molecule has 0 aliphatic carbocycles. The van der Waals surface area contributed by atoms with Gasteiger partial charge in [-0.15, -0.1) is 0 Å². The molecule has 1 aromatic rings. The number of hydrogen-bond acceptors (Lipinski definition) is 3. The predicted octanol–water partition coefficient (Wildman–Crippen LogP) is 2.86. The van der Waals surface area contributed by atoms with Crippen LogP contribution in [0.1, 0.15) is 38.7 Å². The topological polar surface area (TPSA) is 55.6 Å². The Labute approximate surface area is 127 Å². The van der Waals surface area contributed by atoms with Gasteiger partial charge in [0.1, 0.15) is 5.75 Å². The lowest BCUT2D eigenvalue weighted by Crippen LogP contribution is -2.37. The first kappa shape index (κ1) is 15.7. The summed E-state index contributed by atoms with van der Waals surface area (Å²) in [5.74, 6) is 1.73. The summed E-state index contributed by atoms with van der Waals surface area (Å²) in [6.45, 7) is 6.61. The second-order valence-electron chi connectivity index (χ2n) is 5.87. The summed E-state index contributed by atoms with van der Waals surface area (Å²) in [7, 11) is 0. The lowest BCUT2D eigenvalue weighted by molar-refractivity contribution is -0.132. The molecule has 4 nitrogen and oxygen atoms in total. The first-order chi connectivity index (χ1) is 10.1. The van der Waals surface area contributed by atoms with Gasteiger partial charge in [-0.3, -0.25) is 4.79 Å². The molecule has 2 rings (SSSR count). The Balaban J connectivity index is 1.85. The van der Waals surface area contributed by atoms with Crippen LogP contribution < -0.4 is 10.5 Å². The molecule has 0 saturated carbocycles. The third kappa shape index (κ3) is 4.38. The predicted molar refractivity (Wildman–Crippen MR) is 85.3 cm³/mol. The SMILES string of the molecule is CCOc1ccc(CCC(=O)N2CCC(C)CC2)cc1N. The Morgan fingerprint density at radius 2 is 2.10 bits per heavy atom. The number of carbonyl (C=O) groups is 1. The molecule has 0 atom stereocenters. The number of nitrogen functional groups attached to an aromatic ring is 1. The second kappa shape index (κ2) is 7.34. The number of carbonyl (C=O) groups excluding carboxylic acids is 1. The molecule has 4 heteroatoms. The van der Waals surface area contributed by atoms with Gasteiger partial charge in [-0.05, 0) is 49.8 Å². The van der Waals surface area contributed by atoms with E-state index in [4.69, 9.17) is 10.5 Å². The molecule has 21 heavy (non-hydrogen) atoms. The highest BCUT2D eigenvalue weighted by molar-refractivity contribution is 5.76. The van der Waals surface area contributed by atoms with Gasteiger partial charge < -0.3 is 15.4 Å². The Hall–Kier alpha value is -1.71. The van der Waals surface area contributed by atoms with Crippen LogP contribution in [-0.4, -0.2) is 30.5 Å². The monoisotopic (exact) mass is 290 g/mol. The van der Waals surface area contributed by atoms with Crippen molar-refractivity contribution in [2.75, 3.05) is 25.4 Å². The Kier molecular flexibility index (Phi) is 5.48. The number of piperidine rings is 1. The molecule has 0 spiro atoms. The quantitative estimate of drug-likeness (QED) is 0.848. The summed E-state index contributed by atoms with van der Waals surface area (Å²) < 4.78 is 5.42. The number of rotatable bonds is 5. The lowest BCUT2D eigenvalue weighted by atomic mass is 9.98. The largest absolute Gasteiger partial charge is 0.492 e. The number of nitrogens with zero attached hydrogens (tertiary/aromatic N) is 1. The minimum Gasteiger partial charge on any atom is -0.492 e. The Morgan fingerprint density at radius 1 is 1.38 bits per heavy atom. The fourth-order valence-electron chi connectivity index (χ4n) is 2.71. The number of anilines is 1. The fourth-order valence-corrected chi connectivity index (χ4v) is 2.71. The van der Waals surface area contributed by atoms with E-state index in [9.17, 15) is 4.79 Å². The van der Waals surface area contributed by atoms with Crippen LogP contribution in [0, 0.1) is 5.92 Å². The van der Waals surface area contributed by atoms with Crippen molar-refractivity contribution in [3.8, 4) is 5.75 Å². The molecule has 1 fully saturated rings. The lowest BCUT2D eigenvalue weighted by Gasteiger charge is -2.30. The van der Waals surface area contributed by atoms with Gasteiger partial charge in [-0.25, -0.2) is 0 Å². The van der Waals surface area contributed by atoms with Crippen molar-refractivity contribution in [3.05, 3.63) is 23.8 Å². The number of hydrogen-bond donors (Lipinski definition) is 1. The van der Waals surface area contributed by atoms with Crippen molar-refractivity contribution in [3.63, 3.8) is 0 Å². The molecular formula is C17H26N2O2. The van der Waals surface area contributed by atoms with E-state index in [0.717, 1.165) is 49.6 Å². The van der Waals surface area contributed by atoms with Gasteiger partial charge in [0.2, 0.25) is 5.91 Å². The molecule has 1 aromatic carbocycles. The fraction of sp³-hybridized carbons (Fsp3) is 0.588. The highest BCUT2D eigenvalue weighted by Crippen LogP contribution is 2.23. The third-order valence-corrected chi connectivity index (χ3v) is 4.14. The van der Waals surface area contributed by atoms with Crippen molar-refractivity contribution >= 4 is 11.6 Å². The van der Waals surface area contributed by atoms with Gasteiger partial charge in [0.05, 0.1) is 12.3 Å². The average molecular weight is 290 g/mol. The average Bonchev–Trinajstić information content (AvgIpc) is 2.48. The molecule has 0 aromatic heterocycles. The van der Waals surface area contributed by atoms with E-state index in [1.165, 1.54) is 0 Å². The molecule has 1 aliphatic heterocycles. The normalized spacial score (nSPS) is 16.0. The Morgan fingerprint density at radius 3 is 2.71 bits per heavy atom. The zero-order chi connectivity index (χ0) is 15.2. The summed E-state index contributed by atoms with van der Waals surface area (Å²) in [5, 5.41) is 0. The van der Waals surface area contributed by atoms with E-state index in [2.05, 4.69) is 6.92 Å². The van der Waals surface area contributed by atoms with Gasteiger partial charge in [0, 0.05) is 19.5 Å². The van der Waals surface area contributed by atoms with Crippen LogP contribution in [0.15, 0.2) is 18.2 Å². The van der Waals surface area contributed by atoms with Crippen LogP contribution in [0.4, 0.5) is 5.69 Å². The van der Waals surface area contributed by atoms with E-state index in [0.29, 0.717) is 18.7 Å². The van der Waals surface area contributed by atoms with E-state index < -0.39 is 0 Å². The zero-order valence-electron chi connectivity index (χ0n) is 13.1. The molecule has 1 amide bonds. The molecule has 2 N–H and O–H groups in total. The number of nitrogens with two attached hydrogens (primary N) is 1. The van der Waals surface area contributed by atoms with Gasteiger partial charge in [0.25, 0.3) is 0 Å². The van der Waals surface area contributed by atoms with Crippen molar-refractivity contribution in [1.82, 2.24) is 4.90 Å². The molecule has 0 bridgehead atoms. The molecule has 0 radical (unpaired) electrons. The molecule has 1 saturated heterocycles. The summed E-state index contributed by atoms with van der Waals surface area (Å²) in [6, 6.07) is 5.80. The molecule has 1 aliphatic rings. The smallest absolute Gasteiger partial charge is 0.222 e. The number of ether oxygens (including phenoxy) is 1. The highest BCUT2D eigenvalue weighted by atomic mass is 16.5. The molecular weight excluding hydrogens is 264 g/mol. The third-order valence-electron chi connectivity index (χ3n) is 4.14. The molecule has 0 unspecified atom stereocenters. The molecule has 116 valence electrons. The van der Waals surface area contributed by atoms with Crippen molar-refractivity contribution in [2.24, 2.45) is 5.92 Å². The van der Waals surface area contributed by atoms with E-state index in [1.54, 1.807) is 0 Å². The minimum absolute atomic E-state index is 0.259. The van der Waals surface area contributed by atoms with Gasteiger partial charge in [-0.2, -0.15) is 0 Å². The van der Waals surface area contributed by atoms with Crippen molar-refractivity contribution < 1.29 is 9.53 Å². The standard InChI is InChI=1S/C17H26N2O2/c1-3-21-16-6-4-14(12-15(16)18)5-7-17(20)19-10-8-13(2)9-11-19/h4,6,12-13H,3,5,7-11,18H2,1-2H3. The number of likely N-dealkylation sites (tertiary alicyclic amines) is 1. The van der Waals surface area contributed by atoms with Crippen LogP contribution in [0.3, 0.4) is 0 Å². The van der Waals surface area contributed by atoms with E-state index in [1.807, 2.05) is 30.0 Å². The summed E-state index contributed by atoms with van der Waals surface area (Å²) in [6.07, 6.45) is 3.55. The van der Waals surface area contributed by atoms with Crippen LogP contribution in [0.2, 0.25) is 0 Å². The van der Waals surface area contributed by atoms with Gasteiger partial charge in [-0.1, -0.05) is 13.0 Å². The van der Waals surface area contributed by atoms with Gasteiger partial charge >= 0.3 is 0 Å². The van der Waals surface area contributed by atoms with Crippen LogP contribution in [0.5, 0.6) is 5.75 Å². The first-order valence-corrected chi connectivity index (χ1v) is 7.89. The minimum atomic E-state index is 0.259. The number of amides is 1. The Bertz CT molecular complexity index is 480. The maximum atomic E-state index is 12.2. The van der Waals surface area contributed by atoms with Crippen LogP contribution in [0.25, 0.3) is 0 Å². The van der Waals surface area contributed by atoms with Crippen LogP contribution in [-0.2, 0) is 11.2 Å².